The molecule has 0 atom stereocenters. The quantitative estimate of drug-likeness (QED) is 0.672. The highest BCUT2D eigenvalue weighted by Gasteiger charge is 2.10. The Morgan fingerprint density at radius 2 is 1.85 bits per heavy atom. The van der Waals surface area contributed by atoms with Gasteiger partial charge in [-0.2, -0.15) is 4.98 Å². The number of hydrogen-bond acceptors (Lipinski definition) is 5. The molecule has 6 nitrogen and oxygen atoms in total. The first-order chi connectivity index (χ1) is 12.7. The number of carbonyl (C=O) groups excluding carboxylic acids is 1. The maximum Gasteiger partial charge on any atom is 0.258 e. The number of methoxy groups -OCH3 is 1. The van der Waals surface area contributed by atoms with Crippen LogP contribution in [0.3, 0.4) is 0 Å². The fourth-order valence-corrected chi connectivity index (χ4v) is 2.27. The van der Waals surface area contributed by atoms with Gasteiger partial charge >= 0.3 is 0 Å². The molecule has 3 rings (SSSR count). The predicted molar refractivity (Wildman–Crippen MR) is 99.2 cm³/mol. The van der Waals surface area contributed by atoms with Crippen LogP contribution in [0.5, 0.6) is 0 Å². The van der Waals surface area contributed by atoms with Crippen LogP contribution in [-0.4, -0.2) is 23.2 Å². The Balaban J connectivity index is 1.66. The summed E-state index contributed by atoms with van der Waals surface area (Å²) in [6.07, 6.45) is 1.98. The van der Waals surface area contributed by atoms with E-state index >= 15 is 0 Å². The molecule has 1 amide bonds. The average molecular weight is 349 g/mol. The van der Waals surface area contributed by atoms with Gasteiger partial charge in [0.15, 0.2) is 0 Å². The van der Waals surface area contributed by atoms with Crippen molar-refractivity contribution in [2.75, 3.05) is 12.4 Å². The minimum absolute atomic E-state index is 0.113. The molecule has 132 valence electrons. The molecular formula is C20H19N3O3. The molecule has 0 aliphatic heterocycles. The molecule has 0 aliphatic carbocycles. The second-order valence-corrected chi connectivity index (χ2v) is 5.64. The molecule has 2 aromatic carbocycles. The fourth-order valence-electron chi connectivity index (χ4n) is 2.27. The summed E-state index contributed by atoms with van der Waals surface area (Å²) in [5.41, 5.74) is 2.38. The van der Waals surface area contributed by atoms with E-state index in [1.165, 1.54) is 0 Å². The monoisotopic (exact) mass is 349 g/mol. The summed E-state index contributed by atoms with van der Waals surface area (Å²) in [4.78, 5) is 16.3. The van der Waals surface area contributed by atoms with Gasteiger partial charge in [-0.05, 0) is 37.3 Å². The molecule has 0 radical (unpaired) electrons. The summed E-state index contributed by atoms with van der Waals surface area (Å²) in [5.74, 6) is 1.57. The topological polar surface area (TPSA) is 77.2 Å². The largest absolute Gasteiger partial charge is 0.502 e. The minimum Gasteiger partial charge on any atom is -0.502 e. The number of carbonyl (C=O) groups is 1. The van der Waals surface area contributed by atoms with Gasteiger partial charge in [0.2, 0.25) is 11.7 Å². The van der Waals surface area contributed by atoms with Crippen LogP contribution in [-0.2, 0) is 9.53 Å². The molecule has 0 aliphatic rings. The van der Waals surface area contributed by atoms with E-state index in [1.807, 2.05) is 42.5 Å². The van der Waals surface area contributed by atoms with Gasteiger partial charge in [0.25, 0.3) is 5.89 Å². The summed E-state index contributed by atoms with van der Waals surface area (Å²) in [7, 11) is 1.57. The Morgan fingerprint density at radius 3 is 2.54 bits per heavy atom. The number of allylic oxidation sites excluding steroid dienone is 1. The molecule has 1 N–H and O–H groups in total. The normalized spacial score (nSPS) is 11.2. The number of nitrogens with one attached hydrogen (secondary N) is 1. The minimum atomic E-state index is -0.113. The standard InChI is InChI=1S/C20H19N3O3/c1-14(25-2)8-13-18(24)21-17-11-9-16(10-12-17)20-22-19(23-26-20)15-6-4-3-5-7-15/h3-12H,13H2,1-2H3,(H,21,24)/b14-8-. The molecule has 6 heteroatoms. The fraction of sp³-hybridized carbons (Fsp3) is 0.150. The van der Waals surface area contributed by atoms with E-state index in [4.69, 9.17) is 9.26 Å². The number of ether oxygens (including phenoxy) is 1. The molecule has 0 saturated heterocycles. The lowest BCUT2D eigenvalue weighted by atomic mass is 10.2. The number of anilines is 1. The molecule has 0 unspecified atom stereocenters. The molecule has 1 aromatic heterocycles. The molecule has 0 bridgehead atoms. The average Bonchev–Trinajstić information content (AvgIpc) is 3.17. The van der Waals surface area contributed by atoms with E-state index in [0.29, 0.717) is 23.2 Å². The zero-order valence-corrected chi connectivity index (χ0v) is 14.6. The van der Waals surface area contributed by atoms with Crippen molar-refractivity contribution in [3.05, 3.63) is 66.4 Å². The highest BCUT2D eigenvalue weighted by atomic mass is 16.5. The number of aromatic nitrogens is 2. The van der Waals surface area contributed by atoms with Crippen LogP contribution in [0, 0.1) is 0 Å². The summed E-state index contributed by atoms with van der Waals surface area (Å²) >= 11 is 0. The highest BCUT2D eigenvalue weighted by molar-refractivity contribution is 5.91. The van der Waals surface area contributed by atoms with Gasteiger partial charge in [-0.1, -0.05) is 35.5 Å². The summed E-state index contributed by atoms with van der Waals surface area (Å²) < 4.78 is 10.3. The van der Waals surface area contributed by atoms with Crippen molar-refractivity contribution in [1.82, 2.24) is 10.1 Å². The molecule has 0 spiro atoms. The van der Waals surface area contributed by atoms with E-state index in [9.17, 15) is 4.79 Å². The Bertz CT molecular complexity index is 900. The number of nitrogens with zero attached hydrogens (tertiary/aromatic N) is 2. The summed E-state index contributed by atoms with van der Waals surface area (Å²) in [6, 6.07) is 16.9. The van der Waals surface area contributed by atoms with Crippen LogP contribution in [0.1, 0.15) is 13.3 Å². The predicted octanol–water partition coefficient (Wildman–Crippen LogP) is 4.28. The number of rotatable bonds is 6. The first-order valence-electron chi connectivity index (χ1n) is 8.16. The highest BCUT2D eigenvalue weighted by Crippen LogP contribution is 2.23. The molecule has 26 heavy (non-hydrogen) atoms. The molecule has 0 saturated carbocycles. The number of hydrogen-bond donors (Lipinski definition) is 1. The smallest absolute Gasteiger partial charge is 0.258 e. The first kappa shape index (κ1) is 17.4. The lowest BCUT2D eigenvalue weighted by Gasteiger charge is -2.04. The van der Waals surface area contributed by atoms with Crippen molar-refractivity contribution < 1.29 is 14.1 Å². The lowest BCUT2D eigenvalue weighted by Crippen LogP contribution is -2.10. The van der Waals surface area contributed by atoms with Gasteiger partial charge < -0.3 is 14.6 Å². The summed E-state index contributed by atoms with van der Waals surface area (Å²) in [6.45, 7) is 1.80. The molecule has 3 aromatic rings. The Morgan fingerprint density at radius 1 is 1.12 bits per heavy atom. The van der Waals surface area contributed by atoms with Crippen LogP contribution >= 0.6 is 0 Å². The van der Waals surface area contributed by atoms with Gasteiger partial charge in [0.05, 0.1) is 12.9 Å². The SMILES string of the molecule is CO/C(C)=C\CC(=O)Nc1ccc(-c2nc(-c3ccccc3)no2)cc1. The van der Waals surface area contributed by atoms with Gasteiger partial charge in [0.1, 0.15) is 0 Å². The van der Waals surface area contributed by atoms with Crippen molar-refractivity contribution in [3.63, 3.8) is 0 Å². The van der Waals surface area contributed by atoms with E-state index in [1.54, 1.807) is 32.2 Å². The van der Waals surface area contributed by atoms with E-state index < -0.39 is 0 Å². The third kappa shape index (κ3) is 4.36. The Hall–Kier alpha value is -3.41. The zero-order valence-electron chi connectivity index (χ0n) is 14.6. The van der Waals surface area contributed by atoms with Crippen LogP contribution in [0.2, 0.25) is 0 Å². The first-order valence-corrected chi connectivity index (χ1v) is 8.16. The third-order valence-electron chi connectivity index (χ3n) is 3.77. The maximum atomic E-state index is 11.9. The molecule has 1 heterocycles. The zero-order chi connectivity index (χ0) is 18.4. The second kappa shape index (κ2) is 8.11. The maximum absolute atomic E-state index is 11.9. The van der Waals surface area contributed by atoms with Crippen molar-refractivity contribution >= 4 is 11.6 Å². The van der Waals surface area contributed by atoms with E-state index in [-0.39, 0.29) is 12.3 Å². The Kier molecular flexibility index (Phi) is 5.43. The lowest BCUT2D eigenvalue weighted by molar-refractivity contribution is -0.115. The van der Waals surface area contributed by atoms with Crippen molar-refractivity contribution in [1.29, 1.82) is 0 Å². The Labute approximate surface area is 151 Å². The number of benzene rings is 2. The molecule has 0 fully saturated rings. The van der Waals surface area contributed by atoms with Crippen LogP contribution < -0.4 is 5.32 Å². The third-order valence-corrected chi connectivity index (χ3v) is 3.77. The van der Waals surface area contributed by atoms with Crippen molar-refractivity contribution in [2.45, 2.75) is 13.3 Å². The van der Waals surface area contributed by atoms with E-state index in [0.717, 1.165) is 11.1 Å². The van der Waals surface area contributed by atoms with Gasteiger partial charge in [-0.25, -0.2) is 0 Å². The van der Waals surface area contributed by atoms with E-state index in [2.05, 4.69) is 15.5 Å². The van der Waals surface area contributed by atoms with Crippen LogP contribution in [0.15, 0.2) is 71.0 Å². The van der Waals surface area contributed by atoms with Crippen LogP contribution in [0.25, 0.3) is 22.8 Å². The van der Waals surface area contributed by atoms with Crippen molar-refractivity contribution in [2.24, 2.45) is 0 Å². The van der Waals surface area contributed by atoms with Gasteiger partial charge in [0, 0.05) is 23.2 Å². The summed E-state index contributed by atoms with van der Waals surface area (Å²) in [5, 5.41) is 6.83. The molecular weight excluding hydrogens is 330 g/mol. The second-order valence-electron chi connectivity index (χ2n) is 5.64. The number of amides is 1. The van der Waals surface area contributed by atoms with Crippen LogP contribution in [0.4, 0.5) is 5.69 Å². The van der Waals surface area contributed by atoms with Crippen molar-refractivity contribution in [3.8, 4) is 22.8 Å². The van der Waals surface area contributed by atoms with Gasteiger partial charge in [-0.3, -0.25) is 4.79 Å². The van der Waals surface area contributed by atoms with Gasteiger partial charge in [-0.15, -0.1) is 0 Å².